The Morgan fingerprint density at radius 3 is 2.11 bits per heavy atom. The zero-order valence-electron chi connectivity index (χ0n) is 15.6. The van der Waals surface area contributed by atoms with E-state index in [4.69, 9.17) is 9.47 Å². The third-order valence-electron chi connectivity index (χ3n) is 3.71. The second kappa shape index (κ2) is 9.38. The molecule has 8 heteroatoms. The lowest BCUT2D eigenvalue weighted by Gasteiger charge is -2.14. The van der Waals surface area contributed by atoms with Crippen LogP contribution in [-0.4, -0.2) is 45.1 Å². The van der Waals surface area contributed by atoms with E-state index in [9.17, 15) is 13.2 Å². The van der Waals surface area contributed by atoms with E-state index in [1.54, 1.807) is 48.5 Å². The van der Waals surface area contributed by atoms with Gasteiger partial charge in [-0.1, -0.05) is 12.1 Å². The van der Waals surface area contributed by atoms with Crippen molar-refractivity contribution >= 4 is 21.6 Å². The van der Waals surface area contributed by atoms with Gasteiger partial charge in [0.2, 0.25) is 10.0 Å². The van der Waals surface area contributed by atoms with Gasteiger partial charge in [-0.2, -0.15) is 0 Å². The first-order valence-corrected chi connectivity index (χ1v) is 10.3. The first-order valence-electron chi connectivity index (χ1n) is 8.43. The molecule has 1 amide bonds. The monoisotopic (exact) mass is 392 g/mol. The number of nitrogens with one attached hydrogen (secondary N) is 1. The van der Waals surface area contributed by atoms with Gasteiger partial charge < -0.3 is 14.8 Å². The van der Waals surface area contributed by atoms with Gasteiger partial charge in [0.15, 0.2) is 6.61 Å². The zero-order chi connectivity index (χ0) is 19.9. The van der Waals surface area contributed by atoms with E-state index in [-0.39, 0.29) is 19.1 Å². The molecule has 0 heterocycles. The van der Waals surface area contributed by atoms with Crippen LogP contribution in [0.1, 0.15) is 12.5 Å². The van der Waals surface area contributed by atoms with Crippen LogP contribution in [-0.2, 0) is 21.4 Å². The summed E-state index contributed by atoms with van der Waals surface area (Å²) in [7, 11) is -1.71. The maximum atomic E-state index is 12.0. The number of benzene rings is 2. The van der Waals surface area contributed by atoms with E-state index in [1.165, 1.54) is 11.4 Å². The fourth-order valence-corrected chi connectivity index (χ4v) is 2.60. The van der Waals surface area contributed by atoms with Crippen LogP contribution < -0.4 is 14.8 Å². The Hall–Kier alpha value is -2.58. The highest BCUT2D eigenvalue weighted by Crippen LogP contribution is 2.16. The van der Waals surface area contributed by atoms with E-state index in [0.29, 0.717) is 18.0 Å². The first-order chi connectivity index (χ1) is 12.8. The Bertz CT molecular complexity index is 849. The maximum absolute atomic E-state index is 12.0. The van der Waals surface area contributed by atoms with Crippen molar-refractivity contribution in [3.63, 3.8) is 0 Å². The molecular weight excluding hydrogens is 368 g/mol. The van der Waals surface area contributed by atoms with Gasteiger partial charge in [-0.15, -0.1) is 0 Å². The molecule has 0 atom stereocenters. The number of nitrogens with zero attached hydrogens (tertiary/aromatic N) is 1. The number of sulfonamides is 1. The lowest BCUT2D eigenvalue weighted by molar-refractivity contribution is -0.118. The fraction of sp³-hybridized carbons (Fsp3) is 0.316. The third-order valence-corrected chi connectivity index (χ3v) is 4.98. The smallest absolute Gasteiger partial charge is 0.262 e. The fourth-order valence-electron chi connectivity index (χ4n) is 2.21. The standard InChI is InChI=1S/C19H24N2O5S/c1-4-25-17-11-7-16(8-12-17)20-19(22)14-26-18-9-5-15(6-10-18)13-21(2)27(3,23)24/h5-12H,4,13-14H2,1-3H3,(H,20,22). The van der Waals surface area contributed by atoms with Crippen molar-refractivity contribution in [2.75, 3.05) is 31.8 Å². The molecule has 146 valence electrons. The number of hydrogen-bond acceptors (Lipinski definition) is 5. The Morgan fingerprint density at radius 1 is 1.00 bits per heavy atom. The minimum atomic E-state index is -3.23. The normalized spacial score (nSPS) is 11.3. The summed E-state index contributed by atoms with van der Waals surface area (Å²) in [6.07, 6.45) is 1.16. The van der Waals surface area contributed by atoms with Crippen LogP contribution in [0.25, 0.3) is 0 Å². The number of hydrogen-bond donors (Lipinski definition) is 1. The van der Waals surface area contributed by atoms with Crippen LogP contribution in [0.5, 0.6) is 11.5 Å². The van der Waals surface area contributed by atoms with Crippen molar-refractivity contribution < 1.29 is 22.7 Å². The molecule has 7 nitrogen and oxygen atoms in total. The zero-order valence-corrected chi connectivity index (χ0v) is 16.5. The molecule has 0 radical (unpaired) electrons. The van der Waals surface area contributed by atoms with Gasteiger partial charge in [-0.25, -0.2) is 12.7 Å². The minimum Gasteiger partial charge on any atom is -0.494 e. The van der Waals surface area contributed by atoms with E-state index in [2.05, 4.69) is 5.32 Å². The molecule has 0 aromatic heterocycles. The van der Waals surface area contributed by atoms with E-state index >= 15 is 0 Å². The molecule has 27 heavy (non-hydrogen) atoms. The van der Waals surface area contributed by atoms with Gasteiger partial charge in [-0.05, 0) is 48.9 Å². The van der Waals surface area contributed by atoms with Crippen LogP contribution in [0.15, 0.2) is 48.5 Å². The highest BCUT2D eigenvalue weighted by Gasteiger charge is 2.11. The van der Waals surface area contributed by atoms with Crippen LogP contribution >= 0.6 is 0 Å². The number of amides is 1. The second-order valence-corrected chi connectivity index (χ2v) is 8.05. The number of carbonyl (C=O) groups excluding carboxylic acids is 1. The van der Waals surface area contributed by atoms with Crippen molar-refractivity contribution in [3.8, 4) is 11.5 Å². The topological polar surface area (TPSA) is 84.9 Å². The van der Waals surface area contributed by atoms with Crippen LogP contribution in [0.3, 0.4) is 0 Å². The van der Waals surface area contributed by atoms with Gasteiger partial charge in [0.05, 0.1) is 12.9 Å². The Morgan fingerprint density at radius 2 is 1.56 bits per heavy atom. The molecule has 0 aliphatic carbocycles. The van der Waals surface area contributed by atoms with Crippen LogP contribution in [0, 0.1) is 0 Å². The molecule has 0 aliphatic rings. The van der Waals surface area contributed by atoms with Gasteiger partial charge in [0.25, 0.3) is 5.91 Å². The number of ether oxygens (including phenoxy) is 2. The summed E-state index contributed by atoms with van der Waals surface area (Å²) >= 11 is 0. The van der Waals surface area contributed by atoms with Crippen molar-refractivity contribution in [3.05, 3.63) is 54.1 Å². The number of carbonyl (C=O) groups is 1. The number of anilines is 1. The van der Waals surface area contributed by atoms with Gasteiger partial charge >= 0.3 is 0 Å². The Balaban J connectivity index is 1.82. The predicted molar refractivity (Wildman–Crippen MR) is 104 cm³/mol. The van der Waals surface area contributed by atoms with Crippen LogP contribution in [0.2, 0.25) is 0 Å². The average Bonchev–Trinajstić information content (AvgIpc) is 2.62. The molecule has 0 saturated carbocycles. The van der Waals surface area contributed by atoms with E-state index < -0.39 is 10.0 Å². The third kappa shape index (κ3) is 6.92. The van der Waals surface area contributed by atoms with E-state index in [1.807, 2.05) is 6.92 Å². The van der Waals surface area contributed by atoms with Crippen LogP contribution in [0.4, 0.5) is 5.69 Å². The van der Waals surface area contributed by atoms with Crippen molar-refractivity contribution in [1.82, 2.24) is 4.31 Å². The summed E-state index contributed by atoms with van der Waals surface area (Å²) in [5.41, 5.74) is 1.49. The minimum absolute atomic E-state index is 0.129. The SMILES string of the molecule is CCOc1ccc(NC(=O)COc2ccc(CN(C)S(C)(=O)=O)cc2)cc1. The van der Waals surface area contributed by atoms with Crippen molar-refractivity contribution in [2.45, 2.75) is 13.5 Å². The molecule has 0 spiro atoms. The van der Waals surface area contributed by atoms with Crippen molar-refractivity contribution in [2.24, 2.45) is 0 Å². The molecule has 0 saturated heterocycles. The second-order valence-electron chi connectivity index (χ2n) is 5.96. The van der Waals surface area contributed by atoms with Gasteiger partial charge in [0, 0.05) is 19.3 Å². The molecule has 0 aliphatic heterocycles. The Labute approximate surface area is 160 Å². The summed E-state index contributed by atoms with van der Waals surface area (Å²) < 4.78 is 34.9. The summed E-state index contributed by atoms with van der Waals surface area (Å²) in [5.74, 6) is 0.996. The highest BCUT2D eigenvalue weighted by atomic mass is 32.2. The summed E-state index contributed by atoms with van der Waals surface area (Å²) in [6, 6.07) is 14.0. The molecule has 2 aromatic carbocycles. The maximum Gasteiger partial charge on any atom is 0.262 e. The summed E-state index contributed by atoms with van der Waals surface area (Å²) in [5, 5.41) is 2.74. The largest absolute Gasteiger partial charge is 0.494 e. The molecule has 2 aromatic rings. The quantitative estimate of drug-likeness (QED) is 0.709. The number of rotatable bonds is 9. The predicted octanol–water partition coefficient (Wildman–Crippen LogP) is 2.49. The molecule has 1 N–H and O–H groups in total. The molecule has 0 unspecified atom stereocenters. The summed E-state index contributed by atoms with van der Waals surface area (Å²) in [6.45, 7) is 2.64. The first kappa shape index (κ1) is 20.7. The molecule has 2 rings (SSSR count). The van der Waals surface area contributed by atoms with Gasteiger partial charge in [-0.3, -0.25) is 4.79 Å². The Kier molecular flexibility index (Phi) is 7.20. The average molecular weight is 392 g/mol. The van der Waals surface area contributed by atoms with Crippen molar-refractivity contribution in [1.29, 1.82) is 0 Å². The summed E-state index contributed by atoms with van der Waals surface area (Å²) in [4.78, 5) is 12.0. The molecule has 0 bridgehead atoms. The van der Waals surface area contributed by atoms with E-state index in [0.717, 1.165) is 17.6 Å². The highest BCUT2D eigenvalue weighted by molar-refractivity contribution is 7.88. The lowest BCUT2D eigenvalue weighted by atomic mass is 10.2. The van der Waals surface area contributed by atoms with Gasteiger partial charge in [0.1, 0.15) is 11.5 Å². The lowest BCUT2D eigenvalue weighted by Crippen LogP contribution is -2.24. The molecular formula is C19H24N2O5S. The molecule has 0 fully saturated rings.